The summed E-state index contributed by atoms with van der Waals surface area (Å²) in [6, 6.07) is 31.9. The number of amides is 5. The van der Waals surface area contributed by atoms with Crippen LogP contribution in [0.15, 0.2) is 114 Å². The number of fused-ring (bicyclic) bond motifs is 8. The molecule has 3 aliphatic rings. The molecule has 76 heavy (non-hydrogen) atoms. The van der Waals surface area contributed by atoms with Crippen LogP contribution in [0, 0.1) is 5.92 Å². The van der Waals surface area contributed by atoms with Gasteiger partial charge in [0.1, 0.15) is 31.8 Å². The van der Waals surface area contributed by atoms with Gasteiger partial charge in [0.2, 0.25) is 23.6 Å². The van der Waals surface area contributed by atoms with Crippen molar-refractivity contribution in [2.24, 2.45) is 5.92 Å². The number of ether oxygens (including phenoxy) is 2. The van der Waals surface area contributed by atoms with Gasteiger partial charge in [-0.05, 0) is 84.5 Å². The summed E-state index contributed by atoms with van der Waals surface area (Å²) in [6.45, 7) is 8.64. The summed E-state index contributed by atoms with van der Waals surface area (Å²) in [5.74, 6) is -3.21. The number of benzene rings is 4. The fourth-order valence-corrected chi connectivity index (χ4v) is 10.8. The summed E-state index contributed by atoms with van der Waals surface area (Å²) in [4.78, 5) is 102. The highest BCUT2D eigenvalue weighted by Gasteiger charge is 2.46. The Bertz CT molecular complexity index is 3260. The average Bonchev–Trinajstić information content (AvgIpc) is 4.09. The number of carbonyl (C=O) groups excluding carboxylic acids is 6. The minimum absolute atomic E-state index is 0.0128. The Labute approximate surface area is 440 Å². The van der Waals surface area contributed by atoms with Crippen LogP contribution in [0.3, 0.4) is 0 Å². The number of rotatable bonds is 19. The lowest BCUT2D eigenvalue weighted by Crippen LogP contribution is -2.57. The SMILES string of the molecule is CC[C@@]1(O)C(=O)OCc2c1cc1n(c2=O)Cc2c-1nc1ccccc1c2CCN(C(=O)[C@H](CC(C)C)NC(=O)[C@H](Cc1ccccc1)NC(=O)CNC(=O)CNC(=O)OCC1c2ccccc2-c2ccccc21)C(C)C. The number of aliphatic hydroxyl groups is 1. The van der Waals surface area contributed by atoms with Gasteiger partial charge in [-0.25, -0.2) is 14.6 Å². The van der Waals surface area contributed by atoms with Crippen molar-refractivity contribution in [3.8, 4) is 22.5 Å². The Morgan fingerprint density at radius 2 is 1.47 bits per heavy atom. The van der Waals surface area contributed by atoms with Crippen molar-refractivity contribution in [1.82, 2.24) is 35.7 Å². The molecule has 0 radical (unpaired) electrons. The summed E-state index contributed by atoms with van der Waals surface area (Å²) in [5.41, 5.74) is 6.47. The Balaban J connectivity index is 0.861. The molecule has 5 N–H and O–H groups in total. The Morgan fingerprint density at radius 3 is 2.16 bits per heavy atom. The maximum absolute atomic E-state index is 14.9. The number of aromatic nitrogens is 2. The molecule has 0 fully saturated rings. The lowest BCUT2D eigenvalue weighted by Gasteiger charge is -2.33. The Kier molecular flexibility index (Phi) is 15.5. The predicted molar refractivity (Wildman–Crippen MR) is 285 cm³/mol. The van der Waals surface area contributed by atoms with E-state index < -0.39 is 60.6 Å². The normalized spacial score (nSPS) is 15.9. The number of hydrogen-bond acceptors (Lipinski definition) is 11. The molecule has 6 aromatic rings. The molecule has 0 saturated carbocycles. The Hall–Kier alpha value is -8.18. The highest BCUT2D eigenvalue weighted by Crippen LogP contribution is 2.45. The van der Waals surface area contributed by atoms with E-state index in [0.717, 1.165) is 44.3 Å². The third-order valence-electron chi connectivity index (χ3n) is 14.7. The monoisotopic (exact) mass is 1030 g/mol. The smallest absolute Gasteiger partial charge is 0.407 e. The second-order valence-electron chi connectivity index (χ2n) is 20.4. The first-order valence-electron chi connectivity index (χ1n) is 25.9. The highest BCUT2D eigenvalue weighted by molar-refractivity contribution is 5.94. The minimum atomic E-state index is -1.98. The molecule has 394 valence electrons. The second-order valence-corrected chi connectivity index (χ2v) is 20.4. The van der Waals surface area contributed by atoms with Crippen LogP contribution in [0.5, 0.6) is 0 Å². The van der Waals surface area contributed by atoms with Crippen LogP contribution in [0.4, 0.5) is 4.79 Å². The number of hydrogen-bond donors (Lipinski definition) is 5. The largest absolute Gasteiger partial charge is 0.458 e. The first-order chi connectivity index (χ1) is 36.6. The summed E-state index contributed by atoms with van der Waals surface area (Å²) < 4.78 is 12.4. The van der Waals surface area contributed by atoms with Gasteiger partial charge in [-0.2, -0.15) is 0 Å². The number of para-hydroxylation sites is 1. The molecule has 2 aliphatic heterocycles. The molecule has 17 nitrogen and oxygen atoms in total. The number of cyclic esters (lactones) is 1. The van der Waals surface area contributed by atoms with Crippen LogP contribution < -0.4 is 26.8 Å². The van der Waals surface area contributed by atoms with Crippen LogP contribution in [-0.2, 0) is 65.0 Å². The maximum atomic E-state index is 14.9. The van der Waals surface area contributed by atoms with Crippen LogP contribution in [0.2, 0.25) is 0 Å². The molecule has 4 heterocycles. The van der Waals surface area contributed by atoms with Gasteiger partial charge in [0.25, 0.3) is 5.56 Å². The molecule has 4 aromatic carbocycles. The maximum Gasteiger partial charge on any atom is 0.407 e. The van der Waals surface area contributed by atoms with Crippen LogP contribution >= 0.6 is 0 Å². The van der Waals surface area contributed by atoms with Gasteiger partial charge in [0, 0.05) is 41.4 Å². The summed E-state index contributed by atoms with van der Waals surface area (Å²) in [6.07, 6.45) is -0.0389. The molecule has 9 rings (SSSR count). The van der Waals surface area contributed by atoms with Gasteiger partial charge in [-0.1, -0.05) is 118 Å². The van der Waals surface area contributed by atoms with Gasteiger partial charge in [-0.3, -0.25) is 24.0 Å². The van der Waals surface area contributed by atoms with Crippen molar-refractivity contribution in [3.05, 3.63) is 158 Å². The van der Waals surface area contributed by atoms with Gasteiger partial charge < -0.3 is 45.3 Å². The van der Waals surface area contributed by atoms with E-state index in [9.17, 15) is 38.7 Å². The van der Waals surface area contributed by atoms with E-state index >= 15 is 0 Å². The van der Waals surface area contributed by atoms with Crippen LogP contribution in [-0.4, -0.2) is 99.6 Å². The topological polar surface area (TPSA) is 227 Å². The van der Waals surface area contributed by atoms with E-state index in [2.05, 4.69) is 21.3 Å². The van der Waals surface area contributed by atoms with Crippen LogP contribution in [0.25, 0.3) is 33.4 Å². The minimum Gasteiger partial charge on any atom is -0.458 e. The second kappa shape index (κ2) is 22.3. The molecule has 5 amide bonds. The Morgan fingerprint density at radius 1 is 0.816 bits per heavy atom. The molecule has 3 atom stereocenters. The van der Waals surface area contributed by atoms with Crippen molar-refractivity contribution in [2.75, 3.05) is 26.2 Å². The van der Waals surface area contributed by atoms with Crippen molar-refractivity contribution >= 4 is 46.6 Å². The third-order valence-corrected chi connectivity index (χ3v) is 14.7. The van der Waals surface area contributed by atoms with E-state index in [-0.39, 0.29) is 79.6 Å². The van der Waals surface area contributed by atoms with Gasteiger partial charge >= 0.3 is 12.1 Å². The zero-order valence-corrected chi connectivity index (χ0v) is 43.3. The first-order valence-corrected chi connectivity index (χ1v) is 25.9. The zero-order valence-electron chi connectivity index (χ0n) is 43.3. The lowest BCUT2D eigenvalue weighted by molar-refractivity contribution is -0.172. The molecule has 17 heteroatoms. The van der Waals surface area contributed by atoms with E-state index in [1.54, 1.807) is 22.5 Å². The number of nitrogens with one attached hydrogen (secondary N) is 4. The molecule has 0 spiro atoms. The van der Waals surface area contributed by atoms with Crippen molar-refractivity contribution in [3.63, 3.8) is 0 Å². The van der Waals surface area contributed by atoms with Crippen molar-refractivity contribution in [2.45, 2.75) is 103 Å². The van der Waals surface area contributed by atoms with Crippen molar-refractivity contribution < 1.29 is 43.3 Å². The van der Waals surface area contributed by atoms with Gasteiger partial charge in [-0.15, -0.1) is 0 Å². The average molecular weight is 1030 g/mol. The first kappa shape index (κ1) is 52.7. The van der Waals surface area contributed by atoms with E-state index in [0.29, 0.717) is 29.7 Å². The van der Waals surface area contributed by atoms with Crippen LogP contribution in [0.1, 0.15) is 92.3 Å². The molecule has 2 aromatic heterocycles. The van der Waals surface area contributed by atoms with E-state index in [1.807, 2.05) is 131 Å². The number of alkyl carbamates (subject to hydrolysis) is 1. The fourth-order valence-electron chi connectivity index (χ4n) is 10.8. The van der Waals surface area contributed by atoms with Gasteiger partial charge in [0.05, 0.1) is 35.6 Å². The number of pyridine rings is 2. The summed E-state index contributed by atoms with van der Waals surface area (Å²) in [7, 11) is 0. The molecule has 1 aliphatic carbocycles. The lowest BCUT2D eigenvalue weighted by atomic mass is 9.86. The molecular weight excluding hydrogens is 967 g/mol. The zero-order chi connectivity index (χ0) is 53.8. The molecular formula is C59H63N7O10. The predicted octanol–water partition coefficient (Wildman–Crippen LogP) is 5.77. The number of nitrogens with zero attached hydrogens (tertiary/aromatic N) is 3. The van der Waals surface area contributed by atoms with Gasteiger partial charge in [0.15, 0.2) is 5.60 Å². The quantitative estimate of drug-likeness (QED) is 0.0611. The number of carbonyl (C=O) groups is 6. The van der Waals surface area contributed by atoms with Crippen molar-refractivity contribution in [1.29, 1.82) is 0 Å². The van der Waals surface area contributed by atoms with E-state index in [4.69, 9.17) is 14.5 Å². The molecule has 0 bridgehead atoms. The van der Waals surface area contributed by atoms with E-state index in [1.165, 1.54) is 0 Å². The number of esters is 1. The standard InChI is InChI=1S/C59H63N7O10/c1-6-59(74)46-28-50-53-43(31-66(50)55(70)45(46)33-75-57(59)72)41(42-22-14-15-23-47(42)63-53)24-25-65(35(4)5)56(71)49(26-34(2)3)64-54(69)48(27-36-16-8-7-9-17-36)62-52(68)30-60-51(67)29-61-58(73)76-32-44-39-20-12-10-18-37(39)38-19-11-13-21-40(38)44/h7-23,28,34-35,44,48-49,74H,6,24-27,29-33H2,1-5H3,(H,60,67)(H,61,73)(H,62,68)(H,64,69)/t48-,49-,59-/m0/s1. The molecule has 0 saturated heterocycles. The fraction of sp³-hybridized carbons (Fsp3) is 0.356. The molecule has 0 unspecified atom stereocenters. The third kappa shape index (κ3) is 10.7. The highest BCUT2D eigenvalue weighted by atomic mass is 16.6. The summed E-state index contributed by atoms with van der Waals surface area (Å²) in [5, 5.41) is 23.0. The summed E-state index contributed by atoms with van der Waals surface area (Å²) >= 11 is 0.